The molecular formula is C15H12BrClN2O3. The van der Waals surface area contributed by atoms with Gasteiger partial charge in [-0.3, -0.25) is 4.79 Å². The predicted octanol–water partition coefficient (Wildman–Crippen LogP) is 3.58. The van der Waals surface area contributed by atoms with E-state index in [9.17, 15) is 9.90 Å². The van der Waals surface area contributed by atoms with E-state index in [2.05, 4.69) is 26.5 Å². The molecule has 0 aliphatic carbocycles. The lowest BCUT2D eigenvalue weighted by Gasteiger charge is -2.04. The topological polar surface area (TPSA) is 70.9 Å². The summed E-state index contributed by atoms with van der Waals surface area (Å²) in [5.74, 6) is 0.174. The van der Waals surface area contributed by atoms with Crippen molar-refractivity contribution in [1.82, 2.24) is 5.43 Å². The number of phenolic OH excluding ortho intramolecular Hbond substituents is 1. The summed E-state index contributed by atoms with van der Waals surface area (Å²) in [7, 11) is 1.52. The number of hydrogen-bond acceptors (Lipinski definition) is 4. The molecule has 22 heavy (non-hydrogen) atoms. The molecule has 0 unspecified atom stereocenters. The van der Waals surface area contributed by atoms with Crippen LogP contribution >= 0.6 is 27.5 Å². The number of ether oxygens (including phenoxy) is 1. The van der Waals surface area contributed by atoms with Crippen LogP contribution in [0, 0.1) is 0 Å². The molecule has 0 radical (unpaired) electrons. The molecule has 0 saturated heterocycles. The van der Waals surface area contributed by atoms with Gasteiger partial charge in [0.1, 0.15) is 11.5 Å². The zero-order valence-corrected chi connectivity index (χ0v) is 13.9. The number of carbonyl (C=O) groups is 1. The number of amides is 1. The van der Waals surface area contributed by atoms with Crippen LogP contribution in [0.1, 0.15) is 15.9 Å². The number of nitrogens with one attached hydrogen (secondary N) is 1. The van der Waals surface area contributed by atoms with E-state index in [1.807, 2.05) is 0 Å². The SMILES string of the molecule is COc1cccc(C(=O)NN=Cc2cc(Cl)cc(Br)c2O)c1. The highest BCUT2D eigenvalue weighted by molar-refractivity contribution is 9.10. The Labute approximate surface area is 140 Å². The van der Waals surface area contributed by atoms with Crippen molar-refractivity contribution in [2.24, 2.45) is 5.10 Å². The first-order valence-corrected chi connectivity index (χ1v) is 7.34. The van der Waals surface area contributed by atoms with Crippen LogP contribution in [0.25, 0.3) is 0 Å². The Hall–Kier alpha value is -2.05. The van der Waals surface area contributed by atoms with Crippen molar-refractivity contribution in [2.45, 2.75) is 0 Å². The van der Waals surface area contributed by atoms with Crippen LogP contribution in [0.2, 0.25) is 5.02 Å². The van der Waals surface area contributed by atoms with Crippen molar-refractivity contribution in [2.75, 3.05) is 7.11 Å². The maximum Gasteiger partial charge on any atom is 0.271 e. The lowest BCUT2D eigenvalue weighted by molar-refractivity contribution is 0.0955. The first-order valence-electron chi connectivity index (χ1n) is 6.16. The third kappa shape index (κ3) is 3.99. The van der Waals surface area contributed by atoms with Crippen LogP contribution < -0.4 is 10.2 Å². The van der Waals surface area contributed by atoms with Crippen molar-refractivity contribution >= 4 is 39.7 Å². The molecule has 7 heteroatoms. The van der Waals surface area contributed by atoms with Crippen molar-refractivity contribution < 1.29 is 14.6 Å². The van der Waals surface area contributed by atoms with Gasteiger partial charge in [0, 0.05) is 16.1 Å². The largest absolute Gasteiger partial charge is 0.506 e. The van der Waals surface area contributed by atoms with E-state index >= 15 is 0 Å². The summed E-state index contributed by atoms with van der Waals surface area (Å²) in [5.41, 5.74) is 3.16. The van der Waals surface area contributed by atoms with E-state index in [1.165, 1.54) is 19.4 Å². The van der Waals surface area contributed by atoms with Gasteiger partial charge >= 0.3 is 0 Å². The van der Waals surface area contributed by atoms with Crippen LogP contribution in [-0.2, 0) is 0 Å². The number of methoxy groups -OCH3 is 1. The molecule has 0 aromatic heterocycles. The van der Waals surface area contributed by atoms with Gasteiger partial charge in [-0.05, 0) is 46.3 Å². The minimum absolute atomic E-state index is 0.0104. The Morgan fingerprint density at radius 3 is 2.91 bits per heavy atom. The molecule has 0 fully saturated rings. The molecular weight excluding hydrogens is 372 g/mol. The summed E-state index contributed by atoms with van der Waals surface area (Å²) >= 11 is 9.06. The third-order valence-corrected chi connectivity index (χ3v) is 3.58. The number of nitrogens with zero attached hydrogens (tertiary/aromatic N) is 1. The molecule has 2 N–H and O–H groups in total. The van der Waals surface area contributed by atoms with E-state index in [4.69, 9.17) is 16.3 Å². The van der Waals surface area contributed by atoms with E-state index in [0.717, 1.165) is 0 Å². The number of rotatable bonds is 4. The van der Waals surface area contributed by atoms with E-state index < -0.39 is 5.91 Å². The van der Waals surface area contributed by atoms with Gasteiger partial charge in [-0.1, -0.05) is 17.7 Å². The second-order valence-corrected chi connectivity index (χ2v) is 5.55. The number of hydrazone groups is 1. The number of aromatic hydroxyl groups is 1. The number of halogens is 2. The summed E-state index contributed by atoms with van der Waals surface area (Å²) < 4.78 is 5.49. The van der Waals surface area contributed by atoms with Gasteiger partial charge in [-0.25, -0.2) is 5.43 Å². The highest BCUT2D eigenvalue weighted by atomic mass is 79.9. The Bertz CT molecular complexity index is 735. The molecule has 114 valence electrons. The maximum atomic E-state index is 11.9. The van der Waals surface area contributed by atoms with Crippen molar-refractivity contribution in [1.29, 1.82) is 0 Å². The minimum atomic E-state index is -0.393. The fraction of sp³-hybridized carbons (Fsp3) is 0.0667. The number of phenols is 1. The average Bonchev–Trinajstić information content (AvgIpc) is 2.51. The van der Waals surface area contributed by atoms with Gasteiger partial charge in [0.2, 0.25) is 0 Å². The van der Waals surface area contributed by atoms with Crippen molar-refractivity contribution in [3.8, 4) is 11.5 Å². The second-order valence-electron chi connectivity index (χ2n) is 4.26. The monoisotopic (exact) mass is 382 g/mol. The molecule has 0 aliphatic rings. The smallest absolute Gasteiger partial charge is 0.271 e. The van der Waals surface area contributed by atoms with Gasteiger partial charge in [0.15, 0.2) is 0 Å². The second kappa shape index (κ2) is 7.29. The van der Waals surface area contributed by atoms with Gasteiger partial charge in [-0.2, -0.15) is 5.10 Å². The molecule has 2 aromatic carbocycles. The maximum absolute atomic E-state index is 11.9. The summed E-state index contributed by atoms with van der Waals surface area (Å²) in [6.07, 6.45) is 1.31. The predicted molar refractivity (Wildman–Crippen MR) is 88.9 cm³/mol. The van der Waals surface area contributed by atoms with E-state index in [-0.39, 0.29) is 5.75 Å². The van der Waals surface area contributed by atoms with Gasteiger partial charge in [0.25, 0.3) is 5.91 Å². The fourth-order valence-electron chi connectivity index (χ4n) is 1.67. The minimum Gasteiger partial charge on any atom is -0.506 e. The average molecular weight is 384 g/mol. The normalized spacial score (nSPS) is 10.7. The molecule has 0 aliphatic heterocycles. The third-order valence-electron chi connectivity index (χ3n) is 2.76. The molecule has 5 nitrogen and oxygen atoms in total. The summed E-state index contributed by atoms with van der Waals surface area (Å²) in [5, 5.41) is 14.1. The molecule has 0 spiro atoms. The van der Waals surface area contributed by atoms with Crippen LogP contribution in [0.5, 0.6) is 11.5 Å². The highest BCUT2D eigenvalue weighted by Gasteiger charge is 2.07. The Balaban J connectivity index is 2.10. The Kier molecular flexibility index (Phi) is 5.41. The van der Waals surface area contributed by atoms with Crippen molar-refractivity contribution in [3.63, 3.8) is 0 Å². The molecule has 0 saturated carbocycles. The van der Waals surface area contributed by atoms with Crippen molar-refractivity contribution in [3.05, 3.63) is 57.0 Å². The fourth-order valence-corrected chi connectivity index (χ4v) is 2.51. The van der Waals surface area contributed by atoms with Crippen LogP contribution in [0.3, 0.4) is 0 Å². The molecule has 0 heterocycles. The standard InChI is InChI=1S/C15H12BrClN2O3/c1-22-12-4-2-3-9(6-12)15(21)19-18-8-10-5-11(17)7-13(16)14(10)20/h2-8,20H,1H3,(H,19,21). The van der Waals surface area contributed by atoms with Gasteiger partial charge in [-0.15, -0.1) is 0 Å². The molecule has 2 rings (SSSR count). The van der Waals surface area contributed by atoms with E-state index in [0.29, 0.717) is 26.4 Å². The lowest BCUT2D eigenvalue weighted by Crippen LogP contribution is -2.17. The summed E-state index contributed by atoms with van der Waals surface area (Å²) in [4.78, 5) is 11.9. The zero-order valence-electron chi connectivity index (χ0n) is 11.5. The van der Waals surface area contributed by atoms with Crippen LogP contribution in [0.4, 0.5) is 0 Å². The Morgan fingerprint density at radius 2 is 2.18 bits per heavy atom. The lowest BCUT2D eigenvalue weighted by atomic mass is 10.2. The highest BCUT2D eigenvalue weighted by Crippen LogP contribution is 2.30. The van der Waals surface area contributed by atoms with Gasteiger partial charge in [0.05, 0.1) is 17.8 Å². The molecule has 0 bridgehead atoms. The zero-order chi connectivity index (χ0) is 16.1. The number of hydrogen-bond donors (Lipinski definition) is 2. The van der Waals surface area contributed by atoms with Crippen LogP contribution in [-0.4, -0.2) is 24.3 Å². The molecule has 1 amide bonds. The first-order chi connectivity index (χ1) is 10.5. The summed E-state index contributed by atoms with van der Waals surface area (Å²) in [6, 6.07) is 9.77. The quantitative estimate of drug-likeness (QED) is 0.626. The van der Waals surface area contributed by atoms with E-state index in [1.54, 1.807) is 30.3 Å². The summed E-state index contributed by atoms with van der Waals surface area (Å²) in [6.45, 7) is 0. The number of benzene rings is 2. The van der Waals surface area contributed by atoms with Crippen LogP contribution in [0.15, 0.2) is 46.0 Å². The molecule has 2 aromatic rings. The number of carbonyl (C=O) groups excluding carboxylic acids is 1. The molecule has 0 atom stereocenters. The van der Waals surface area contributed by atoms with Gasteiger partial charge < -0.3 is 9.84 Å². The Morgan fingerprint density at radius 1 is 1.41 bits per heavy atom. The first kappa shape index (κ1) is 16.3.